The van der Waals surface area contributed by atoms with E-state index in [1.54, 1.807) is 6.20 Å². The van der Waals surface area contributed by atoms with Crippen molar-refractivity contribution in [1.82, 2.24) is 14.5 Å². The highest BCUT2D eigenvalue weighted by Gasteiger charge is 2.28. The van der Waals surface area contributed by atoms with Gasteiger partial charge in [-0.15, -0.1) is 0 Å². The molecule has 1 aromatic carbocycles. The van der Waals surface area contributed by atoms with Crippen molar-refractivity contribution in [2.75, 3.05) is 20.2 Å². The normalized spacial score (nSPS) is 16.8. The van der Waals surface area contributed by atoms with E-state index >= 15 is 0 Å². The molecule has 1 aliphatic rings. The molecule has 6 heteroatoms. The minimum absolute atomic E-state index is 0.114. The number of carbonyl (C=O) groups excluding carboxylic acids is 1. The summed E-state index contributed by atoms with van der Waals surface area (Å²) in [4.78, 5) is 18.8. The molecule has 3 heterocycles. The predicted octanol–water partition coefficient (Wildman–Crippen LogP) is 4.33. The van der Waals surface area contributed by atoms with Crippen LogP contribution in [0.4, 0.5) is 0 Å². The van der Waals surface area contributed by atoms with Gasteiger partial charge in [0.2, 0.25) is 5.89 Å². The van der Waals surface area contributed by atoms with Gasteiger partial charge in [-0.2, -0.15) is 0 Å². The topological polar surface area (TPSA) is 60.5 Å². The molecule has 0 saturated carbocycles. The van der Waals surface area contributed by atoms with Crippen molar-refractivity contribution in [1.29, 1.82) is 0 Å². The van der Waals surface area contributed by atoms with Gasteiger partial charge < -0.3 is 13.7 Å². The summed E-state index contributed by atoms with van der Waals surface area (Å²) in [6, 6.07) is 14.2. The molecular weight excluding hydrogens is 354 g/mol. The average molecular weight is 379 g/mol. The average Bonchev–Trinajstić information content (AvgIpc) is 3.43. The summed E-state index contributed by atoms with van der Waals surface area (Å²) in [6.07, 6.45) is 5.71. The molecule has 0 aliphatic carbocycles. The Morgan fingerprint density at radius 1 is 1.18 bits per heavy atom. The Morgan fingerprint density at radius 3 is 2.64 bits per heavy atom. The fourth-order valence-corrected chi connectivity index (χ4v) is 3.91. The Balaban J connectivity index is 1.41. The van der Waals surface area contributed by atoms with Gasteiger partial charge in [0.1, 0.15) is 5.69 Å². The molecule has 2 aromatic heterocycles. The third-order valence-electron chi connectivity index (χ3n) is 5.55. The summed E-state index contributed by atoms with van der Waals surface area (Å²) in [5, 5.41) is 0. The van der Waals surface area contributed by atoms with Gasteiger partial charge in [0.25, 0.3) is 0 Å². The van der Waals surface area contributed by atoms with Crippen molar-refractivity contribution < 1.29 is 13.9 Å². The zero-order valence-corrected chi connectivity index (χ0v) is 16.2. The second kappa shape index (κ2) is 8.02. The molecule has 0 radical (unpaired) electrons. The number of rotatable bonds is 5. The lowest BCUT2D eigenvalue weighted by Crippen LogP contribution is -2.37. The van der Waals surface area contributed by atoms with Crippen molar-refractivity contribution in [2.24, 2.45) is 0 Å². The van der Waals surface area contributed by atoms with Crippen LogP contribution in [0, 0.1) is 0 Å². The Morgan fingerprint density at radius 2 is 1.93 bits per heavy atom. The molecule has 146 valence electrons. The number of hydrogen-bond acceptors (Lipinski definition) is 5. The maximum atomic E-state index is 11.9. The van der Waals surface area contributed by atoms with E-state index in [4.69, 9.17) is 9.15 Å². The summed E-state index contributed by atoms with van der Waals surface area (Å²) in [5.41, 5.74) is 1.66. The number of aromatic nitrogens is 2. The highest BCUT2D eigenvalue weighted by Crippen LogP contribution is 2.31. The molecule has 0 amide bonds. The van der Waals surface area contributed by atoms with E-state index in [0.717, 1.165) is 43.1 Å². The van der Waals surface area contributed by atoms with Crippen molar-refractivity contribution in [2.45, 2.75) is 31.8 Å². The maximum Gasteiger partial charge on any atom is 0.354 e. The number of esters is 1. The lowest BCUT2D eigenvalue weighted by Gasteiger charge is -2.35. The van der Waals surface area contributed by atoms with Gasteiger partial charge in [-0.05, 0) is 31.9 Å². The molecule has 1 atom stereocenters. The first-order valence-corrected chi connectivity index (χ1v) is 9.67. The number of carbonyl (C=O) groups is 1. The lowest BCUT2D eigenvalue weighted by molar-refractivity contribution is 0.0579. The maximum absolute atomic E-state index is 11.9. The van der Waals surface area contributed by atoms with Crippen LogP contribution in [0.25, 0.3) is 11.3 Å². The molecule has 0 spiro atoms. The summed E-state index contributed by atoms with van der Waals surface area (Å²) in [6.45, 7) is 3.98. The highest BCUT2D eigenvalue weighted by atomic mass is 16.5. The van der Waals surface area contributed by atoms with Crippen LogP contribution in [0.15, 0.2) is 59.3 Å². The zero-order chi connectivity index (χ0) is 19.5. The summed E-state index contributed by atoms with van der Waals surface area (Å²) >= 11 is 0. The third kappa shape index (κ3) is 3.60. The van der Waals surface area contributed by atoms with E-state index in [1.807, 2.05) is 53.2 Å². The van der Waals surface area contributed by atoms with E-state index in [1.165, 1.54) is 7.11 Å². The number of benzene rings is 1. The molecule has 4 rings (SSSR count). The van der Waals surface area contributed by atoms with Gasteiger partial charge >= 0.3 is 5.97 Å². The second-order valence-corrected chi connectivity index (χ2v) is 7.16. The van der Waals surface area contributed by atoms with Crippen LogP contribution in [-0.2, 0) is 4.74 Å². The quantitative estimate of drug-likeness (QED) is 0.618. The Hall–Kier alpha value is -2.86. The smallest absolute Gasteiger partial charge is 0.354 e. The Bertz CT molecular complexity index is 923. The van der Waals surface area contributed by atoms with Gasteiger partial charge in [-0.25, -0.2) is 9.78 Å². The van der Waals surface area contributed by atoms with Crippen LogP contribution in [-0.4, -0.2) is 40.6 Å². The van der Waals surface area contributed by atoms with E-state index < -0.39 is 0 Å². The van der Waals surface area contributed by atoms with Crippen LogP contribution in [0.3, 0.4) is 0 Å². The van der Waals surface area contributed by atoms with Crippen LogP contribution in [0.1, 0.15) is 48.2 Å². The summed E-state index contributed by atoms with van der Waals surface area (Å²) < 4.78 is 13.0. The molecule has 6 nitrogen and oxygen atoms in total. The summed E-state index contributed by atoms with van der Waals surface area (Å²) in [7, 11) is 1.42. The minimum atomic E-state index is -0.283. The fraction of sp³-hybridized carbons (Fsp3) is 0.364. The van der Waals surface area contributed by atoms with E-state index in [0.29, 0.717) is 11.7 Å². The Labute approximate surface area is 164 Å². The van der Waals surface area contributed by atoms with Crippen molar-refractivity contribution in [3.8, 4) is 11.3 Å². The molecule has 1 fully saturated rings. The predicted molar refractivity (Wildman–Crippen MR) is 106 cm³/mol. The molecular formula is C22H25N3O3. The number of likely N-dealkylation sites (tertiary alicyclic amines) is 1. The second-order valence-electron chi connectivity index (χ2n) is 7.16. The van der Waals surface area contributed by atoms with Crippen molar-refractivity contribution in [3.05, 3.63) is 66.4 Å². The number of oxazole rings is 1. The monoisotopic (exact) mass is 379 g/mol. The van der Waals surface area contributed by atoms with Crippen molar-refractivity contribution >= 4 is 5.97 Å². The number of methoxy groups -OCH3 is 1. The molecule has 1 saturated heterocycles. The first-order chi connectivity index (χ1) is 13.7. The van der Waals surface area contributed by atoms with Crippen LogP contribution >= 0.6 is 0 Å². The van der Waals surface area contributed by atoms with Crippen LogP contribution < -0.4 is 0 Å². The number of hydrogen-bond donors (Lipinski definition) is 0. The largest absolute Gasteiger partial charge is 0.464 e. The van der Waals surface area contributed by atoms with Gasteiger partial charge in [-0.3, -0.25) is 4.90 Å². The molecule has 0 N–H and O–H groups in total. The molecule has 28 heavy (non-hydrogen) atoms. The minimum Gasteiger partial charge on any atom is -0.464 e. The molecule has 1 aliphatic heterocycles. The van der Waals surface area contributed by atoms with Crippen LogP contribution in [0.2, 0.25) is 0 Å². The lowest BCUT2D eigenvalue weighted by atomic mass is 10.0. The van der Waals surface area contributed by atoms with Crippen LogP contribution in [0.5, 0.6) is 0 Å². The number of ether oxygens (including phenoxy) is 1. The first kappa shape index (κ1) is 18.5. The molecule has 0 bridgehead atoms. The van der Waals surface area contributed by atoms with Gasteiger partial charge in [0, 0.05) is 30.9 Å². The van der Waals surface area contributed by atoms with Gasteiger partial charge in [-0.1, -0.05) is 30.3 Å². The third-order valence-corrected chi connectivity index (χ3v) is 5.55. The molecule has 1 unspecified atom stereocenters. The van der Waals surface area contributed by atoms with Gasteiger partial charge in [0.15, 0.2) is 5.76 Å². The standard InChI is InChI=1S/C22H25N3O3/c1-16(21-23-15-20(28-21)17-7-4-3-5-8-17)24-13-10-18(11-14-24)25-12-6-9-19(25)22(26)27-2/h3-9,12,15-16,18H,10-11,13-14H2,1-2H3. The highest BCUT2D eigenvalue weighted by molar-refractivity contribution is 5.87. The SMILES string of the molecule is COC(=O)c1cccn1C1CCN(C(C)c2ncc(-c3ccccc3)o2)CC1. The number of piperidine rings is 1. The van der Waals surface area contributed by atoms with E-state index in [9.17, 15) is 4.79 Å². The number of nitrogens with zero attached hydrogens (tertiary/aromatic N) is 3. The first-order valence-electron chi connectivity index (χ1n) is 9.67. The molecule has 3 aromatic rings. The summed E-state index contributed by atoms with van der Waals surface area (Å²) in [5.74, 6) is 1.26. The Kier molecular flexibility index (Phi) is 5.30. The fourth-order valence-electron chi connectivity index (χ4n) is 3.91. The van der Waals surface area contributed by atoms with E-state index in [2.05, 4.69) is 16.8 Å². The van der Waals surface area contributed by atoms with Crippen molar-refractivity contribution in [3.63, 3.8) is 0 Å². The van der Waals surface area contributed by atoms with E-state index in [-0.39, 0.29) is 12.0 Å². The van der Waals surface area contributed by atoms with Gasteiger partial charge in [0.05, 0.1) is 19.3 Å². The zero-order valence-electron chi connectivity index (χ0n) is 16.2.